The highest BCUT2D eigenvalue weighted by Gasteiger charge is 2.30. The molecule has 0 aromatic heterocycles. The van der Waals surface area contributed by atoms with Crippen molar-refractivity contribution in [3.63, 3.8) is 0 Å². The monoisotopic (exact) mass is 185 g/mol. The van der Waals surface area contributed by atoms with Crippen molar-refractivity contribution in [2.75, 3.05) is 13.2 Å². The van der Waals surface area contributed by atoms with Gasteiger partial charge in [0.15, 0.2) is 0 Å². The molecule has 0 amide bonds. The zero-order chi connectivity index (χ0) is 9.73. The third kappa shape index (κ3) is 3.28. The summed E-state index contributed by atoms with van der Waals surface area (Å²) in [5.41, 5.74) is 0.246. The Kier molecular flexibility index (Phi) is 4.20. The molecule has 1 saturated heterocycles. The molecule has 0 aromatic carbocycles. The third-order valence-electron chi connectivity index (χ3n) is 2.90. The Labute approximate surface area is 82.0 Å². The molecule has 0 saturated carbocycles. The maximum atomic E-state index is 5.42. The fourth-order valence-electron chi connectivity index (χ4n) is 2.00. The first kappa shape index (κ1) is 11.0. The van der Waals surface area contributed by atoms with E-state index in [-0.39, 0.29) is 5.54 Å². The summed E-state index contributed by atoms with van der Waals surface area (Å²) >= 11 is 0. The van der Waals surface area contributed by atoms with Crippen LogP contribution in [0.25, 0.3) is 0 Å². The molecule has 2 nitrogen and oxygen atoms in total. The maximum absolute atomic E-state index is 5.42. The van der Waals surface area contributed by atoms with E-state index in [0.717, 1.165) is 19.6 Å². The molecule has 1 aliphatic rings. The lowest BCUT2D eigenvalue weighted by atomic mass is 9.98. The van der Waals surface area contributed by atoms with E-state index in [4.69, 9.17) is 4.74 Å². The normalized spacial score (nSPS) is 30.7. The number of hydrogen-bond acceptors (Lipinski definition) is 2. The molecule has 13 heavy (non-hydrogen) atoms. The fraction of sp³-hybridized carbons (Fsp3) is 1.00. The van der Waals surface area contributed by atoms with Crippen LogP contribution < -0.4 is 5.32 Å². The molecule has 2 atom stereocenters. The van der Waals surface area contributed by atoms with E-state index in [1.165, 1.54) is 19.3 Å². The molecule has 0 radical (unpaired) electrons. The van der Waals surface area contributed by atoms with Crippen LogP contribution in [-0.2, 0) is 4.74 Å². The minimum Gasteiger partial charge on any atom is -0.379 e. The van der Waals surface area contributed by atoms with Crippen LogP contribution in [0.3, 0.4) is 0 Å². The van der Waals surface area contributed by atoms with E-state index < -0.39 is 0 Å². The molecule has 1 N–H and O–H groups in total. The maximum Gasteiger partial charge on any atom is 0.0646 e. The second-order valence-electron chi connectivity index (χ2n) is 4.40. The van der Waals surface area contributed by atoms with Crippen molar-refractivity contribution in [1.82, 2.24) is 5.32 Å². The van der Waals surface area contributed by atoms with Gasteiger partial charge in [0.25, 0.3) is 0 Å². The molecule has 1 fully saturated rings. The number of rotatable bonds is 5. The Morgan fingerprint density at radius 2 is 2.23 bits per heavy atom. The van der Waals surface area contributed by atoms with Crippen molar-refractivity contribution >= 4 is 0 Å². The Hall–Kier alpha value is -0.0800. The van der Waals surface area contributed by atoms with Gasteiger partial charge in [0, 0.05) is 18.2 Å². The minimum absolute atomic E-state index is 0.246. The summed E-state index contributed by atoms with van der Waals surface area (Å²) in [5, 5.41) is 3.72. The third-order valence-corrected chi connectivity index (χ3v) is 2.90. The average molecular weight is 185 g/mol. The molecular formula is C11H23NO. The van der Waals surface area contributed by atoms with Crippen molar-refractivity contribution < 1.29 is 4.74 Å². The van der Waals surface area contributed by atoms with Gasteiger partial charge in [-0.2, -0.15) is 0 Å². The Bertz CT molecular complexity index is 141. The van der Waals surface area contributed by atoms with E-state index in [1.807, 2.05) is 0 Å². The highest BCUT2D eigenvalue weighted by atomic mass is 16.5. The second-order valence-corrected chi connectivity index (χ2v) is 4.40. The summed E-state index contributed by atoms with van der Waals surface area (Å²) in [4.78, 5) is 0. The average Bonchev–Trinajstić information content (AvgIpc) is 2.51. The predicted molar refractivity (Wildman–Crippen MR) is 56.0 cm³/mol. The smallest absolute Gasteiger partial charge is 0.0646 e. The van der Waals surface area contributed by atoms with Gasteiger partial charge in [-0.25, -0.2) is 0 Å². The van der Waals surface area contributed by atoms with Crippen LogP contribution >= 0.6 is 0 Å². The molecule has 1 aliphatic heterocycles. The van der Waals surface area contributed by atoms with Crippen LogP contribution in [0.5, 0.6) is 0 Å². The zero-order valence-electron chi connectivity index (χ0n) is 9.23. The van der Waals surface area contributed by atoms with Crippen LogP contribution in [0, 0.1) is 0 Å². The van der Waals surface area contributed by atoms with Crippen LogP contribution in [0.1, 0.15) is 46.5 Å². The molecule has 2 unspecified atom stereocenters. The lowest BCUT2D eigenvalue weighted by Crippen LogP contribution is -2.48. The van der Waals surface area contributed by atoms with Crippen molar-refractivity contribution in [2.24, 2.45) is 0 Å². The Morgan fingerprint density at radius 3 is 2.69 bits per heavy atom. The summed E-state index contributed by atoms with van der Waals surface area (Å²) in [6.07, 6.45) is 4.94. The van der Waals surface area contributed by atoms with Gasteiger partial charge in [0.05, 0.1) is 6.61 Å². The van der Waals surface area contributed by atoms with Gasteiger partial charge < -0.3 is 10.1 Å². The first-order valence-electron chi connectivity index (χ1n) is 5.55. The summed E-state index contributed by atoms with van der Waals surface area (Å²) in [6.45, 7) is 8.59. The van der Waals surface area contributed by atoms with Crippen LogP contribution in [-0.4, -0.2) is 24.8 Å². The fourth-order valence-corrected chi connectivity index (χ4v) is 2.00. The van der Waals surface area contributed by atoms with E-state index in [9.17, 15) is 0 Å². The van der Waals surface area contributed by atoms with Gasteiger partial charge in [-0.3, -0.25) is 0 Å². The molecule has 0 aromatic rings. The first-order chi connectivity index (χ1) is 6.20. The molecule has 0 bridgehead atoms. The molecule has 2 heteroatoms. The number of hydrogen-bond donors (Lipinski definition) is 1. The first-order valence-corrected chi connectivity index (χ1v) is 5.55. The standard InChI is InChI=1S/C11H23NO/c1-4-6-10(5-2)12-11(3)7-8-13-9-11/h10,12H,4-9H2,1-3H3. The minimum atomic E-state index is 0.246. The largest absolute Gasteiger partial charge is 0.379 e. The van der Waals surface area contributed by atoms with Crippen molar-refractivity contribution in [3.05, 3.63) is 0 Å². The van der Waals surface area contributed by atoms with Crippen LogP contribution in [0.2, 0.25) is 0 Å². The second kappa shape index (κ2) is 4.97. The lowest BCUT2D eigenvalue weighted by Gasteiger charge is -2.29. The van der Waals surface area contributed by atoms with Crippen LogP contribution in [0.4, 0.5) is 0 Å². The zero-order valence-corrected chi connectivity index (χ0v) is 9.23. The predicted octanol–water partition coefficient (Wildman–Crippen LogP) is 2.33. The molecule has 1 heterocycles. The van der Waals surface area contributed by atoms with Gasteiger partial charge in [-0.1, -0.05) is 20.3 Å². The van der Waals surface area contributed by atoms with E-state index >= 15 is 0 Å². The topological polar surface area (TPSA) is 21.3 Å². The summed E-state index contributed by atoms with van der Waals surface area (Å²) < 4.78 is 5.42. The van der Waals surface area contributed by atoms with E-state index in [1.54, 1.807) is 0 Å². The quantitative estimate of drug-likeness (QED) is 0.710. The SMILES string of the molecule is CCCC(CC)NC1(C)CCOC1. The van der Waals surface area contributed by atoms with Crippen molar-refractivity contribution in [3.8, 4) is 0 Å². The summed E-state index contributed by atoms with van der Waals surface area (Å²) in [6, 6.07) is 0.678. The number of ether oxygens (including phenoxy) is 1. The molecule has 78 valence electrons. The lowest BCUT2D eigenvalue weighted by molar-refractivity contribution is 0.165. The Morgan fingerprint density at radius 1 is 1.46 bits per heavy atom. The highest BCUT2D eigenvalue weighted by Crippen LogP contribution is 2.19. The van der Waals surface area contributed by atoms with E-state index in [2.05, 4.69) is 26.1 Å². The number of nitrogens with one attached hydrogen (secondary N) is 1. The molecule has 1 rings (SSSR count). The summed E-state index contributed by atoms with van der Waals surface area (Å²) in [7, 11) is 0. The van der Waals surface area contributed by atoms with Crippen LogP contribution in [0.15, 0.2) is 0 Å². The van der Waals surface area contributed by atoms with Gasteiger partial charge >= 0.3 is 0 Å². The molecule has 0 spiro atoms. The van der Waals surface area contributed by atoms with Gasteiger partial charge in [-0.15, -0.1) is 0 Å². The molecule has 0 aliphatic carbocycles. The summed E-state index contributed by atoms with van der Waals surface area (Å²) in [5.74, 6) is 0. The van der Waals surface area contributed by atoms with Crippen molar-refractivity contribution in [1.29, 1.82) is 0 Å². The molecular weight excluding hydrogens is 162 g/mol. The van der Waals surface area contributed by atoms with Gasteiger partial charge in [-0.05, 0) is 26.2 Å². The van der Waals surface area contributed by atoms with E-state index in [0.29, 0.717) is 6.04 Å². The highest BCUT2D eigenvalue weighted by molar-refractivity contribution is 4.89. The Balaban J connectivity index is 2.35. The van der Waals surface area contributed by atoms with Gasteiger partial charge in [0.1, 0.15) is 0 Å². The van der Waals surface area contributed by atoms with Gasteiger partial charge in [0.2, 0.25) is 0 Å². The van der Waals surface area contributed by atoms with Crippen molar-refractivity contribution in [2.45, 2.75) is 58.0 Å².